The minimum atomic E-state index is -0.431. The van der Waals surface area contributed by atoms with E-state index in [0.717, 1.165) is 5.56 Å². The molecule has 0 saturated heterocycles. The summed E-state index contributed by atoms with van der Waals surface area (Å²) < 4.78 is 13.6. The van der Waals surface area contributed by atoms with E-state index in [2.05, 4.69) is 10.6 Å². The third-order valence-corrected chi connectivity index (χ3v) is 3.53. The number of carbonyl (C=O) groups excluding carboxylic acids is 1. The molecule has 1 amide bonds. The molecule has 0 fully saturated rings. The number of amides is 1. The standard InChI is InChI=1S/C18H19FN2OS/c1-18(2,3)13-9-5-4-8-12(13)16(22)21-17(23)20-15-11-7-6-10-14(15)19/h4-11H,1-3H3,(H2,20,21,22,23). The van der Waals surface area contributed by atoms with Gasteiger partial charge in [-0.25, -0.2) is 4.39 Å². The summed E-state index contributed by atoms with van der Waals surface area (Å²) in [4.78, 5) is 12.5. The van der Waals surface area contributed by atoms with Gasteiger partial charge in [0.05, 0.1) is 5.69 Å². The highest BCUT2D eigenvalue weighted by Gasteiger charge is 2.21. The second-order valence-corrected chi connectivity index (χ2v) is 6.59. The molecule has 0 radical (unpaired) electrons. The Morgan fingerprint density at radius 1 is 1.04 bits per heavy atom. The lowest BCUT2D eigenvalue weighted by Crippen LogP contribution is -2.35. The molecular weight excluding hydrogens is 311 g/mol. The predicted molar refractivity (Wildman–Crippen MR) is 95.2 cm³/mol. The summed E-state index contributed by atoms with van der Waals surface area (Å²) in [6.45, 7) is 6.11. The van der Waals surface area contributed by atoms with E-state index in [0.29, 0.717) is 5.56 Å². The minimum Gasteiger partial charge on any atom is -0.330 e. The number of rotatable bonds is 2. The molecule has 0 spiro atoms. The molecule has 5 heteroatoms. The monoisotopic (exact) mass is 330 g/mol. The van der Waals surface area contributed by atoms with Crippen LogP contribution < -0.4 is 10.6 Å². The van der Waals surface area contributed by atoms with Crippen LogP contribution in [0.2, 0.25) is 0 Å². The number of anilines is 1. The molecule has 0 aliphatic heterocycles. The molecule has 3 nitrogen and oxygen atoms in total. The summed E-state index contributed by atoms with van der Waals surface area (Å²) in [6.07, 6.45) is 0. The highest BCUT2D eigenvalue weighted by atomic mass is 32.1. The normalized spacial score (nSPS) is 11.0. The van der Waals surface area contributed by atoms with Crippen molar-refractivity contribution in [1.82, 2.24) is 5.32 Å². The third-order valence-electron chi connectivity index (χ3n) is 3.33. The molecule has 0 aromatic heterocycles. The number of hydrogen-bond acceptors (Lipinski definition) is 2. The van der Waals surface area contributed by atoms with Crippen LogP contribution in [0.25, 0.3) is 0 Å². The van der Waals surface area contributed by atoms with E-state index >= 15 is 0 Å². The molecule has 0 atom stereocenters. The Labute approximate surface area is 140 Å². The molecular formula is C18H19FN2OS. The number of carbonyl (C=O) groups is 1. The molecule has 0 bridgehead atoms. The number of benzene rings is 2. The van der Waals surface area contributed by atoms with E-state index < -0.39 is 5.82 Å². The summed E-state index contributed by atoms with van der Waals surface area (Å²) >= 11 is 5.10. The molecule has 0 unspecified atom stereocenters. The van der Waals surface area contributed by atoms with Crippen molar-refractivity contribution < 1.29 is 9.18 Å². The lowest BCUT2D eigenvalue weighted by Gasteiger charge is -2.22. The van der Waals surface area contributed by atoms with Crippen molar-refractivity contribution in [2.45, 2.75) is 26.2 Å². The van der Waals surface area contributed by atoms with E-state index in [-0.39, 0.29) is 22.1 Å². The number of thiocarbonyl (C=S) groups is 1. The minimum absolute atomic E-state index is 0.0591. The van der Waals surface area contributed by atoms with Crippen molar-refractivity contribution in [3.63, 3.8) is 0 Å². The first kappa shape index (κ1) is 17.1. The molecule has 2 rings (SSSR count). The van der Waals surface area contributed by atoms with Gasteiger partial charge >= 0.3 is 0 Å². The van der Waals surface area contributed by atoms with Gasteiger partial charge in [-0.1, -0.05) is 51.1 Å². The highest BCUT2D eigenvalue weighted by molar-refractivity contribution is 7.80. The van der Waals surface area contributed by atoms with E-state index in [1.807, 2.05) is 32.9 Å². The number of nitrogens with one attached hydrogen (secondary N) is 2. The van der Waals surface area contributed by atoms with Crippen molar-refractivity contribution in [3.8, 4) is 0 Å². The maximum atomic E-state index is 13.6. The van der Waals surface area contributed by atoms with Crippen molar-refractivity contribution in [1.29, 1.82) is 0 Å². The largest absolute Gasteiger partial charge is 0.330 e. The first-order valence-corrected chi connectivity index (χ1v) is 7.66. The average molecular weight is 330 g/mol. The van der Waals surface area contributed by atoms with E-state index in [1.165, 1.54) is 6.07 Å². The Morgan fingerprint density at radius 3 is 2.30 bits per heavy atom. The Balaban J connectivity index is 2.14. The molecule has 23 heavy (non-hydrogen) atoms. The average Bonchev–Trinajstić information content (AvgIpc) is 2.48. The second kappa shape index (κ2) is 6.87. The molecule has 2 aromatic rings. The third kappa shape index (κ3) is 4.36. The van der Waals surface area contributed by atoms with Gasteiger partial charge < -0.3 is 5.32 Å². The van der Waals surface area contributed by atoms with Gasteiger partial charge in [0.25, 0.3) is 5.91 Å². The fourth-order valence-corrected chi connectivity index (χ4v) is 2.42. The summed E-state index contributed by atoms with van der Waals surface area (Å²) in [7, 11) is 0. The van der Waals surface area contributed by atoms with Crippen LogP contribution in [0.5, 0.6) is 0 Å². The zero-order valence-electron chi connectivity index (χ0n) is 13.3. The van der Waals surface area contributed by atoms with Gasteiger partial charge in [0.15, 0.2) is 5.11 Å². The molecule has 2 N–H and O–H groups in total. The number of para-hydroxylation sites is 1. The van der Waals surface area contributed by atoms with Crippen LogP contribution in [0.3, 0.4) is 0 Å². The Kier molecular flexibility index (Phi) is 5.11. The van der Waals surface area contributed by atoms with Gasteiger partial charge in [0.2, 0.25) is 0 Å². The summed E-state index contributed by atoms with van der Waals surface area (Å²) in [5.74, 6) is -0.747. The topological polar surface area (TPSA) is 41.1 Å². The van der Waals surface area contributed by atoms with Crippen molar-refractivity contribution in [2.24, 2.45) is 0 Å². The zero-order chi connectivity index (χ0) is 17.0. The zero-order valence-corrected chi connectivity index (χ0v) is 14.1. The predicted octanol–water partition coefficient (Wildman–Crippen LogP) is 4.25. The van der Waals surface area contributed by atoms with Gasteiger partial charge in [0.1, 0.15) is 5.82 Å². The maximum absolute atomic E-state index is 13.6. The Hall–Kier alpha value is -2.27. The fourth-order valence-electron chi connectivity index (χ4n) is 2.22. The molecule has 0 aliphatic rings. The first-order chi connectivity index (χ1) is 10.8. The van der Waals surface area contributed by atoms with Crippen molar-refractivity contribution in [3.05, 3.63) is 65.5 Å². The van der Waals surface area contributed by atoms with Crippen LogP contribution in [-0.4, -0.2) is 11.0 Å². The van der Waals surface area contributed by atoms with Crippen LogP contribution in [0, 0.1) is 5.82 Å². The Morgan fingerprint density at radius 2 is 1.65 bits per heavy atom. The van der Waals surface area contributed by atoms with Crippen molar-refractivity contribution >= 4 is 28.9 Å². The molecule has 120 valence electrons. The van der Waals surface area contributed by atoms with Crippen LogP contribution in [0.15, 0.2) is 48.5 Å². The lowest BCUT2D eigenvalue weighted by molar-refractivity contribution is 0.0975. The molecule has 0 aliphatic carbocycles. The number of halogens is 1. The first-order valence-electron chi connectivity index (χ1n) is 7.25. The summed E-state index contributed by atoms with van der Waals surface area (Å²) in [5.41, 5.74) is 1.53. The highest BCUT2D eigenvalue weighted by Crippen LogP contribution is 2.25. The van der Waals surface area contributed by atoms with Crippen LogP contribution in [0.1, 0.15) is 36.7 Å². The molecule has 0 heterocycles. The Bertz CT molecular complexity index is 738. The van der Waals surface area contributed by atoms with Gasteiger partial charge in [-0.3, -0.25) is 10.1 Å². The summed E-state index contributed by atoms with van der Waals surface area (Å²) in [6, 6.07) is 13.5. The smallest absolute Gasteiger partial charge is 0.257 e. The second-order valence-electron chi connectivity index (χ2n) is 6.18. The fraction of sp³-hybridized carbons (Fsp3) is 0.222. The SMILES string of the molecule is CC(C)(C)c1ccccc1C(=O)NC(=S)Nc1ccccc1F. The summed E-state index contributed by atoms with van der Waals surface area (Å²) in [5, 5.41) is 5.35. The van der Waals surface area contributed by atoms with Crippen LogP contribution in [-0.2, 0) is 5.41 Å². The van der Waals surface area contributed by atoms with Gasteiger partial charge in [0, 0.05) is 5.56 Å². The van der Waals surface area contributed by atoms with E-state index in [9.17, 15) is 9.18 Å². The van der Waals surface area contributed by atoms with E-state index in [1.54, 1.807) is 30.3 Å². The van der Waals surface area contributed by atoms with E-state index in [4.69, 9.17) is 12.2 Å². The lowest BCUT2D eigenvalue weighted by atomic mass is 9.83. The van der Waals surface area contributed by atoms with Gasteiger partial charge in [-0.2, -0.15) is 0 Å². The van der Waals surface area contributed by atoms with Crippen LogP contribution >= 0.6 is 12.2 Å². The van der Waals surface area contributed by atoms with Gasteiger partial charge in [-0.15, -0.1) is 0 Å². The number of hydrogen-bond donors (Lipinski definition) is 2. The maximum Gasteiger partial charge on any atom is 0.257 e. The van der Waals surface area contributed by atoms with Crippen LogP contribution in [0.4, 0.5) is 10.1 Å². The molecule has 0 saturated carbocycles. The van der Waals surface area contributed by atoms with Gasteiger partial charge in [-0.05, 0) is 41.4 Å². The van der Waals surface area contributed by atoms with Crippen molar-refractivity contribution in [2.75, 3.05) is 5.32 Å². The quantitative estimate of drug-likeness (QED) is 0.809. The molecule has 2 aromatic carbocycles.